The third kappa shape index (κ3) is 4.25. The third-order valence-electron chi connectivity index (χ3n) is 2.60. The Morgan fingerprint density at radius 1 is 1.14 bits per heavy atom. The summed E-state index contributed by atoms with van der Waals surface area (Å²) in [5.41, 5.74) is 0.0430. The molecule has 21 heavy (non-hydrogen) atoms. The molecule has 0 aliphatic rings. The second-order valence-corrected chi connectivity index (χ2v) is 5.03. The minimum atomic E-state index is -4.35. The molecule has 2 aromatic rings. The van der Waals surface area contributed by atoms with Crippen LogP contribution >= 0.6 is 11.3 Å². The Labute approximate surface area is 123 Å². The minimum Gasteiger partial charge on any atom is -0.488 e. The number of hydrogen-bond donors (Lipinski definition) is 1. The van der Waals surface area contributed by atoms with Gasteiger partial charge in [0.2, 0.25) is 0 Å². The van der Waals surface area contributed by atoms with E-state index in [4.69, 9.17) is 9.84 Å². The van der Waals surface area contributed by atoms with Gasteiger partial charge in [0, 0.05) is 5.56 Å². The lowest BCUT2D eigenvalue weighted by molar-refractivity contribution is -0.137. The van der Waals surface area contributed by atoms with Gasteiger partial charge >= 0.3 is 6.18 Å². The minimum absolute atomic E-state index is 0.221. The average Bonchev–Trinajstić information content (AvgIpc) is 2.90. The molecule has 1 aromatic carbocycles. The van der Waals surface area contributed by atoms with Crippen LogP contribution in [-0.4, -0.2) is 11.7 Å². The van der Waals surface area contributed by atoms with Crippen molar-refractivity contribution in [3.05, 3.63) is 51.7 Å². The molecule has 1 heterocycles. The number of aliphatic hydroxyl groups excluding tert-OH is 1. The van der Waals surface area contributed by atoms with Crippen LogP contribution in [0.25, 0.3) is 0 Å². The van der Waals surface area contributed by atoms with Gasteiger partial charge in [-0.25, -0.2) is 0 Å². The summed E-state index contributed by atoms with van der Waals surface area (Å²) >= 11 is 1.44. The van der Waals surface area contributed by atoms with Gasteiger partial charge < -0.3 is 9.84 Å². The molecule has 0 fully saturated rings. The fourth-order valence-corrected chi connectivity index (χ4v) is 2.33. The molecular weight excluding hydrogens is 301 g/mol. The van der Waals surface area contributed by atoms with Crippen LogP contribution in [0.2, 0.25) is 0 Å². The predicted molar refractivity (Wildman–Crippen MR) is 74.1 cm³/mol. The summed E-state index contributed by atoms with van der Waals surface area (Å²) in [6.07, 6.45) is -4.35. The van der Waals surface area contributed by atoms with Crippen molar-refractivity contribution in [3.63, 3.8) is 0 Å². The zero-order chi connectivity index (χ0) is 15.3. The lowest BCUT2D eigenvalue weighted by atomic mass is 10.2. The maximum Gasteiger partial charge on any atom is 0.416 e. The molecule has 1 aromatic heterocycles. The van der Waals surface area contributed by atoms with E-state index in [1.54, 1.807) is 6.07 Å². The summed E-state index contributed by atoms with van der Waals surface area (Å²) in [7, 11) is 0. The second kappa shape index (κ2) is 6.66. The van der Waals surface area contributed by atoms with E-state index < -0.39 is 11.7 Å². The number of benzene rings is 1. The van der Waals surface area contributed by atoms with E-state index in [2.05, 4.69) is 11.8 Å². The Morgan fingerprint density at radius 2 is 1.86 bits per heavy atom. The fourth-order valence-electron chi connectivity index (χ4n) is 1.59. The quantitative estimate of drug-likeness (QED) is 0.876. The smallest absolute Gasteiger partial charge is 0.416 e. The zero-order valence-corrected chi connectivity index (χ0v) is 11.6. The molecule has 1 N–H and O–H groups in total. The summed E-state index contributed by atoms with van der Waals surface area (Å²) in [5, 5.41) is 10.5. The highest BCUT2D eigenvalue weighted by molar-refractivity contribution is 7.10. The first-order valence-corrected chi connectivity index (χ1v) is 6.85. The molecule has 2 rings (SSSR count). The van der Waals surface area contributed by atoms with Crippen molar-refractivity contribution < 1.29 is 23.0 Å². The molecule has 0 aliphatic heterocycles. The molecule has 0 amide bonds. The Kier molecular flexibility index (Phi) is 4.89. The lowest BCUT2D eigenvalue weighted by Crippen LogP contribution is -2.04. The number of alkyl halides is 3. The van der Waals surface area contributed by atoms with Gasteiger partial charge in [0.25, 0.3) is 0 Å². The molecule has 0 unspecified atom stereocenters. The molecule has 2 nitrogen and oxygen atoms in total. The molecule has 110 valence electrons. The van der Waals surface area contributed by atoms with Crippen LogP contribution < -0.4 is 4.74 Å². The fraction of sp³-hybridized carbons (Fsp3) is 0.200. The normalized spacial score (nSPS) is 10.9. The van der Waals surface area contributed by atoms with Gasteiger partial charge in [-0.3, -0.25) is 0 Å². The van der Waals surface area contributed by atoms with Gasteiger partial charge in [-0.05, 0) is 35.7 Å². The van der Waals surface area contributed by atoms with Gasteiger partial charge in [-0.1, -0.05) is 11.8 Å². The molecule has 0 atom stereocenters. The van der Waals surface area contributed by atoms with Crippen LogP contribution in [0.5, 0.6) is 5.75 Å². The van der Waals surface area contributed by atoms with Crippen LogP contribution in [0.4, 0.5) is 13.2 Å². The number of rotatable bonds is 3. The largest absolute Gasteiger partial charge is 0.488 e. The van der Waals surface area contributed by atoms with E-state index >= 15 is 0 Å². The van der Waals surface area contributed by atoms with Gasteiger partial charge in [-0.15, -0.1) is 11.3 Å². The maximum absolute atomic E-state index is 12.4. The van der Waals surface area contributed by atoms with E-state index in [-0.39, 0.29) is 13.2 Å². The van der Waals surface area contributed by atoms with Crippen LogP contribution in [0.15, 0.2) is 35.7 Å². The first kappa shape index (κ1) is 15.4. The molecule has 0 spiro atoms. The monoisotopic (exact) mass is 312 g/mol. The molecule has 0 aliphatic carbocycles. The van der Waals surface area contributed by atoms with Crippen LogP contribution in [0, 0.1) is 11.8 Å². The highest BCUT2D eigenvalue weighted by Crippen LogP contribution is 2.30. The predicted octanol–water partition coefficient (Wildman–Crippen LogP) is 3.69. The Hall–Kier alpha value is -1.97. The van der Waals surface area contributed by atoms with Gasteiger partial charge in [0.1, 0.15) is 19.0 Å². The summed E-state index contributed by atoms with van der Waals surface area (Å²) in [5.74, 6) is 5.69. The van der Waals surface area contributed by atoms with Crippen LogP contribution in [0.3, 0.4) is 0 Å². The highest BCUT2D eigenvalue weighted by atomic mass is 32.1. The van der Waals surface area contributed by atoms with E-state index in [1.165, 1.54) is 23.5 Å². The van der Waals surface area contributed by atoms with Gasteiger partial charge in [0.05, 0.1) is 10.4 Å². The van der Waals surface area contributed by atoms with E-state index in [0.29, 0.717) is 5.75 Å². The van der Waals surface area contributed by atoms with Crippen molar-refractivity contribution >= 4 is 11.3 Å². The van der Waals surface area contributed by atoms with Crippen LogP contribution in [0.1, 0.15) is 16.0 Å². The first-order valence-electron chi connectivity index (χ1n) is 5.97. The summed E-state index contributed by atoms with van der Waals surface area (Å²) < 4.78 is 42.7. The Bertz CT molecular complexity index is 648. The van der Waals surface area contributed by atoms with Crippen LogP contribution in [-0.2, 0) is 12.8 Å². The molecule has 0 saturated carbocycles. The molecule has 0 saturated heterocycles. The van der Waals surface area contributed by atoms with Crippen molar-refractivity contribution in [2.24, 2.45) is 0 Å². The van der Waals surface area contributed by atoms with E-state index in [1.807, 2.05) is 5.38 Å². The maximum atomic E-state index is 12.4. The number of thiophene rings is 1. The second-order valence-electron chi connectivity index (χ2n) is 4.03. The van der Waals surface area contributed by atoms with Gasteiger partial charge in [0.15, 0.2) is 0 Å². The van der Waals surface area contributed by atoms with E-state index in [0.717, 1.165) is 22.6 Å². The number of aliphatic hydroxyl groups is 1. The van der Waals surface area contributed by atoms with Gasteiger partial charge in [-0.2, -0.15) is 13.2 Å². The SMILES string of the molecule is OCC#Cc1ccsc1COc1ccc(C(F)(F)F)cc1. The summed E-state index contributed by atoms with van der Waals surface area (Å²) in [6.45, 7) is -0.00643. The first-order chi connectivity index (χ1) is 10.0. The molecule has 6 heteroatoms. The molecule has 0 bridgehead atoms. The van der Waals surface area contributed by atoms with Crippen molar-refractivity contribution in [2.75, 3.05) is 6.61 Å². The standard InChI is InChI=1S/C15H11F3O2S/c16-15(17,18)12-3-5-13(6-4-12)20-10-14-11(2-1-8-19)7-9-21-14/h3-7,9,19H,8,10H2. The van der Waals surface area contributed by atoms with Crippen molar-refractivity contribution in [1.82, 2.24) is 0 Å². The number of hydrogen-bond acceptors (Lipinski definition) is 3. The number of halogens is 3. The number of ether oxygens (including phenoxy) is 1. The van der Waals surface area contributed by atoms with E-state index in [9.17, 15) is 13.2 Å². The highest BCUT2D eigenvalue weighted by Gasteiger charge is 2.29. The zero-order valence-electron chi connectivity index (χ0n) is 10.8. The summed E-state index contributed by atoms with van der Waals surface area (Å²) in [6, 6.07) is 6.34. The summed E-state index contributed by atoms with van der Waals surface area (Å²) in [4.78, 5) is 0.857. The van der Waals surface area contributed by atoms with Crippen molar-refractivity contribution in [1.29, 1.82) is 0 Å². The Balaban J connectivity index is 2.02. The molecule has 0 radical (unpaired) electrons. The average molecular weight is 312 g/mol. The van der Waals surface area contributed by atoms with Crippen molar-refractivity contribution in [2.45, 2.75) is 12.8 Å². The molecular formula is C15H11F3O2S. The van der Waals surface area contributed by atoms with Crippen molar-refractivity contribution in [3.8, 4) is 17.6 Å². The topological polar surface area (TPSA) is 29.5 Å². The Morgan fingerprint density at radius 3 is 2.48 bits per heavy atom. The third-order valence-corrected chi connectivity index (χ3v) is 3.49. The lowest BCUT2D eigenvalue weighted by Gasteiger charge is -2.08.